The number of hydrogen-bond acceptors (Lipinski definition) is 6. The molecule has 0 aromatic carbocycles. The van der Waals surface area contributed by atoms with Crippen molar-refractivity contribution < 1.29 is 73.8 Å². The van der Waals surface area contributed by atoms with Gasteiger partial charge in [-0.25, -0.2) is 0 Å². The number of rotatable bonds is 0. The Morgan fingerprint density at radius 2 is 0.692 bits per heavy atom. The Hall–Kier alpha value is -0.148. The summed E-state index contributed by atoms with van der Waals surface area (Å²) < 4.78 is 0. The Labute approximate surface area is 111 Å². The summed E-state index contributed by atoms with van der Waals surface area (Å²) >= 11 is 0. The predicted molar refractivity (Wildman–Crippen MR) is 32.0 cm³/mol. The molecule has 0 heterocycles. The normalized spacial score (nSPS) is 5.77. The van der Waals surface area contributed by atoms with Crippen molar-refractivity contribution in [2.45, 2.75) is 20.8 Å². The first-order valence-electron chi connectivity index (χ1n) is 2.72. The second-order valence-corrected chi connectivity index (χ2v) is 1.47. The van der Waals surface area contributed by atoms with Gasteiger partial charge >= 0.3 is 0 Å². The molecule has 1 radical (unpaired) electrons. The smallest absolute Gasteiger partial charge is 0.0383 e. The molecule has 0 aliphatic rings. The first-order chi connectivity index (χ1) is 5.20. The molecule has 0 aromatic rings. The van der Waals surface area contributed by atoms with Crippen LogP contribution >= 0.6 is 0 Å². The third-order valence-electron chi connectivity index (χ3n) is 0. The summed E-state index contributed by atoms with van der Waals surface area (Å²) in [6.45, 7) is 2.92. The minimum absolute atomic E-state index is 0. The Bertz CT molecular complexity index is 115. The van der Waals surface area contributed by atoms with Crippen molar-refractivity contribution in [3.05, 3.63) is 0 Å². The van der Waals surface area contributed by atoms with Gasteiger partial charge < -0.3 is 29.7 Å². The Morgan fingerprint density at radius 1 is 0.692 bits per heavy atom. The monoisotopic (exact) mass is 404 g/mol. The maximum atomic E-state index is 8.89. The Kier molecular flexibility index (Phi) is 31.6. The van der Waals surface area contributed by atoms with Gasteiger partial charge in [0.1, 0.15) is 0 Å². The van der Waals surface area contributed by atoms with Crippen molar-refractivity contribution in [1.29, 1.82) is 0 Å². The van der Waals surface area contributed by atoms with E-state index >= 15 is 0 Å². The maximum absolute atomic E-state index is 8.89. The number of carbonyl (C=O) groups is 3. The van der Waals surface area contributed by atoms with Crippen molar-refractivity contribution >= 4 is 17.9 Å². The van der Waals surface area contributed by atoms with Crippen molar-refractivity contribution in [2.75, 3.05) is 0 Å². The van der Waals surface area contributed by atoms with Crippen LogP contribution in [0.5, 0.6) is 0 Å². The van der Waals surface area contributed by atoms with Gasteiger partial charge in [-0.3, -0.25) is 0 Å². The van der Waals surface area contributed by atoms with Crippen LogP contribution in [-0.4, -0.2) is 17.9 Å². The molecule has 0 aromatic heterocycles. The molecule has 13 heavy (non-hydrogen) atoms. The zero-order valence-corrected chi connectivity index (χ0v) is 12.3. The average Bonchev–Trinajstić information content (AvgIpc) is 1.54. The molecular formula is C6H9AcO6-3. The number of aliphatic carboxylic acids is 3. The van der Waals surface area contributed by atoms with E-state index in [9.17, 15) is 0 Å². The van der Waals surface area contributed by atoms with Crippen molar-refractivity contribution in [3.63, 3.8) is 0 Å². The summed E-state index contributed by atoms with van der Waals surface area (Å²) in [7, 11) is 0. The van der Waals surface area contributed by atoms with E-state index in [1.807, 2.05) is 0 Å². The van der Waals surface area contributed by atoms with Gasteiger partial charge in [-0.1, -0.05) is 0 Å². The van der Waals surface area contributed by atoms with Crippen LogP contribution in [0.4, 0.5) is 0 Å². The molecule has 0 aliphatic heterocycles. The van der Waals surface area contributed by atoms with Gasteiger partial charge in [-0.2, -0.15) is 0 Å². The summed E-state index contributed by atoms with van der Waals surface area (Å²) in [5.74, 6) is -3.25. The summed E-state index contributed by atoms with van der Waals surface area (Å²) in [5.41, 5.74) is 0. The van der Waals surface area contributed by atoms with Gasteiger partial charge in [0.2, 0.25) is 0 Å². The molecule has 0 unspecified atom stereocenters. The van der Waals surface area contributed by atoms with Crippen LogP contribution in [0, 0.1) is 44.1 Å². The fourth-order valence-corrected chi connectivity index (χ4v) is 0. The topological polar surface area (TPSA) is 120 Å². The zero-order chi connectivity index (χ0) is 10.7. The van der Waals surface area contributed by atoms with E-state index in [1.54, 1.807) is 0 Å². The van der Waals surface area contributed by atoms with Gasteiger partial charge in [-0.15, -0.1) is 0 Å². The van der Waals surface area contributed by atoms with Crippen LogP contribution in [0.3, 0.4) is 0 Å². The van der Waals surface area contributed by atoms with Gasteiger partial charge in [0, 0.05) is 62.0 Å². The van der Waals surface area contributed by atoms with Crippen LogP contribution in [-0.2, 0) is 14.4 Å². The van der Waals surface area contributed by atoms with Crippen molar-refractivity contribution in [2.24, 2.45) is 0 Å². The SMILES string of the molecule is CC(=O)[O-].CC(=O)[O-].CC(=O)[O-].[Ac]. The molecule has 0 spiro atoms. The molecular weight excluding hydrogens is 395 g/mol. The van der Waals surface area contributed by atoms with Crippen molar-refractivity contribution in [1.82, 2.24) is 0 Å². The molecule has 0 atom stereocenters. The fourth-order valence-electron chi connectivity index (χ4n) is 0. The Morgan fingerprint density at radius 3 is 0.692 bits per heavy atom. The van der Waals surface area contributed by atoms with Crippen LogP contribution in [0.25, 0.3) is 0 Å². The average molecular weight is 404 g/mol. The first kappa shape index (κ1) is 23.0. The van der Waals surface area contributed by atoms with E-state index in [4.69, 9.17) is 29.7 Å². The molecule has 0 aliphatic carbocycles. The van der Waals surface area contributed by atoms with Crippen LogP contribution in [0.15, 0.2) is 0 Å². The summed E-state index contributed by atoms with van der Waals surface area (Å²) in [6, 6.07) is 0. The molecule has 0 N–H and O–H groups in total. The minimum Gasteiger partial charge on any atom is -0.550 e. The van der Waals surface area contributed by atoms with Gasteiger partial charge in [0.05, 0.1) is 0 Å². The van der Waals surface area contributed by atoms with E-state index in [0.29, 0.717) is 0 Å². The summed E-state index contributed by atoms with van der Waals surface area (Å²) in [5, 5.41) is 26.7. The second-order valence-electron chi connectivity index (χ2n) is 1.47. The third-order valence-corrected chi connectivity index (χ3v) is 0. The van der Waals surface area contributed by atoms with E-state index in [1.165, 1.54) is 0 Å². The largest absolute Gasteiger partial charge is 0.550 e. The van der Waals surface area contributed by atoms with Crippen LogP contribution in [0.2, 0.25) is 0 Å². The minimum atomic E-state index is -1.08. The molecule has 6 nitrogen and oxygen atoms in total. The second kappa shape index (κ2) is 17.8. The van der Waals surface area contributed by atoms with Crippen LogP contribution < -0.4 is 15.3 Å². The molecule has 0 rings (SSSR count). The zero-order valence-electron chi connectivity index (χ0n) is 7.53. The summed E-state index contributed by atoms with van der Waals surface area (Å²) in [6.07, 6.45) is 0. The van der Waals surface area contributed by atoms with E-state index in [2.05, 4.69) is 0 Å². The predicted octanol–water partition coefficient (Wildman–Crippen LogP) is -3.73. The molecule has 7 heteroatoms. The number of carboxylic acid groups (broad SMARTS) is 3. The number of carbonyl (C=O) groups excluding carboxylic acids is 3. The van der Waals surface area contributed by atoms with Crippen LogP contribution in [0.1, 0.15) is 20.8 Å². The number of hydrogen-bond donors (Lipinski definition) is 0. The van der Waals surface area contributed by atoms with Gasteiger partial charge in [-0.05, 0) is 20.8 Å². The summed E-state index contributed by atoms with van der Waals surface area (Å²) in [4.78, 5) is 26.7. The molecule has 75 valence electrons. The molecule has 0 bridgehead atoms. The first-order valence-corrected chi connectivity index (χ1v) is 2.72. The maximum Gasteiger partial charge on any atom is 0.0383 e. The molecule has 0 fully saturated rings. The van der Waals surface area contributed by atoms with E-state index in [0.717, 1.165) is 20.8 Å². The molecule has 0 amide bonds. The third kappa shape index (κ3) is 52200. The standard InChI is InChI=1S/3C2H4O2.Ac/c3*1-2(3)4;/h3*1H3,(H,3,4);/p-3. The van der Waals surface area contributed by atoms with E-state index in [-0.39, 0.29) is 44.1 Å². The number of carboxylic acids is 3. The Balaban J connectivity index is -0.0000000450. The van der Waals surface area contributed by atoms with E-state index < -0.39 is 17.9 Å². The molecule has 0 saturated carbocycles. The van der Waals surface area contributed by atoms with Gasteiger partial charge in [0.25, 0.3) is 0 Å². The fraction of sp³-hybridized carbons (Fsp3) is 0.500. The van der Waals surface area contributed by atoms with Crippen molar-refractivity contribution in [3.8, 4) is 0 Å². The quantitative estimate of drug-likeness (QED) is 0.410. The van der Waals surface area contributed by atoms with Gasteiger partial charge in [0.15, 0.2) is 0 Å². The molecule has 0 saturated heterocycles.